The summed E-state index contributed by atoms with van der Waals surface area (Å²) in [6.45, 7) is 0. The van der Waals surface area contributed by atoms with E-state index in [1.54, 1.807) is 60.8 Å². The maximum absolute atomic E-state index is 13.5. The van der Waals surface area contributed by atoms with Crippen molar-refractivity contribution in [3.63, 3.8) is 0 Å². The van der Waals surface area contributed by atoms with Crippen LogP contribution in [0.15, 0.2) is 109 Å². The number of anilines is 4. The third-order valence-corrected chi connectivity index (χ3v) is 13.2. The molecular formula is C53H48F6N14O6S2. The van der Waals surface area contributed by atoms with Crippen LogP contribution >= 0.6 is 22.7 Å². The van der Waals surface area contributed by atoms with Gasteiger partial charge >= 0.3 is 12.7 Å². The molecule has 0 unspecified atom stereocenters. The minimum Gasteiger partial charge on any atom is -0.406 e. The number of ether oxygens (including phenoxy) is 2. The largest absolute Gasteiger partial charge is 0.573 e. The zero-order chi connectivity index (χ0) is 57.2. The van der Waals surface area contributed by atoms with Crippen LogP contribution in [0.5, 0.6) is 11.5 Å². The molecule has 8 aromatic rings. The number of carbonyl (C=O) groups is 4. The third-order valence-electron chi connectivity index (χ3n) is 11.4. The first-order valence-electron chi connectivity index (χ1n) is 25.0. The van der Waals surface area contributed by atoms with E-state index in [0.717, 1.165) is 36.0 Å². The smallest absolute Gasteiger partial charge is 0.406 e. The van der Waals surface area contributed by atoms with Crippen molar-refractivity contribution < 1.29 is 55.0 Å². The Bertz CT molecular complexity index is 3410. The van der Waals surface area contributed by atoms with Gasteiger partial charge in [-0.15, -0.1) is 56.9 Å². The number of amides is 4. The molecule has 0 saturated heterocycles. The molecule has 20 nitrogen and oxygen atoms in total. The van der Waals surface area contributed by atoms with E-state index in [9.17, 15) is 45.5 Å². The normalized spacial score (nSPS) is 11.4. The summed E-state index contributed by atoms with van der Waals surface area (Å²) < 4.78 is 86.4. The molecule has 0 spiro atoms. The number of halogens is 6. The number of hydrogen-bond donors (Lipinski definition) is 4. The van der Waals surface area contributed by atoms with Gasteiger partial charge in [0.25, 0.3) is 0 Å². The quantitative estimate of drug-likeness (QED) is 0.0291. The van der Waals surface area contributed by atoms with Crippen LogP contribution in [0, 0.1) is 0 Å². The Labute approximate surface area is 465 Å². The Kier molecular flexibility index (Phi) is 20.0. The first kappa shape index (κ1) is 58.2. The molecule has 2 aromatic carbocycles. The number of unbranched alkanes of at least 4 members (excludes halogenated alkanes) is 2. The minimum atomic E-state index is -5.02. The summed E-state index contributed by atoms with van der Waals surface area (Å²) in [7, 11) is 0. The molecule has 4 amide bonds. The van der Waals surface area contributed by atoms with E-state index in [0.29, 0.717) is 88.1 Å². The fourth-order valence-corrected chi connectivity index (χ4v) is 9.57. The van der Waals surface area contributed by atoms with Crippen LogP contribution in [0.25, 0.3) is 0 Å². The van der Waals surface area contributed by atoms with E-state index in [1.165, 1.54) is 47.1 Å². The van der Waals surface area contributed by atoms with Gasteiger partial charge in [-0.25, -0.2) is 0 Å². The molecule has 8 rings (SSSR count). The molecule has 0 aliphatic heterocycles. The molecule has 6 aromatic heterocycles. The highest BCUT2D eigenvalue weighted by atomic mass is 32.1. The Morgan fingerprint density at radius 2 is 0.988 bits per heavy atom. The summed E-state index contributed by atoms with van der Waals surface area (Å²) in [5, 5.41) is 45.8. The van der Waals surface area contributed by atoms with Crippen LogP contribution in [-0.4, -0.2) is 87.1 Å². The van der Waals surface area contributed by atoms with Gasteiger partial charge in [0.15, 0.2) is 11.6 Å². The fraction of sp³-hybridized carbons (Fsp3) is 0.283. The van der Waals surface area contributed by atoms with E-state index in [2.05, 4.69) is 81.5 Å². The van der Waals surface area contributed by atoms with Gasteiger partial charge in [-0.3, -0.25) is 29.1 Å². The average molecular weight is 1160 g/mol. The van der Waals surface area contributed by atoms with Gasteiger partial charge in [0.2, 0.25) is 33.9 Å². The molecule has 81 heavy (non-hydrogen) atoms. The molecule has 420 valence electrons. The van der Waals surface area contributed by atoms with Gasteiger partial charge < -0.3 is 30.7 Å². The van der Waals surface area contributed by atoms with Gasteiger partial charge in [0.05, 0.1) is 42.8 Å². The SMILES string of the molecule is O=C(Cc1cc(Cc2cccnc2CC(=O)Nc2nnc(CCCCc3ccc(NC(=O)Cc4cccc(OC(F)(F)F)c4)nn3)s2)cc(OC(F)(F)F)c1)Nc1ccc(CCCCc2nnc(NC(=O)Cc3ccccn3)s2)nn1. The summed E-state index contributed by atoms with van der Waals surface area (Å²) in [5.41, 5.74) is 3.78. The predicted molar refractivity (Wildman–Crippen MR) is 284 cm³/mol. The molecule has 0 aliphatic rings. The Hall–Kier alpha value is -8.92. The van der Waals surface area contributed by atoms with Gasteiger partial charge in [0.1, 0.15) is 21.5 Å². The summed E-state index contributed by atoms with van der Waals surface area (Å²) in [4.78, 5) is 59.8. The van der Waals surface area contributed by atoms with Crippen molar-refractivity contribution in [1.29, 1.82) is 0 Å². The summed E-state index contributed by atoms with van der Waals surface area (Å²) in [6.07, 6.45) is -2.09. The van der Waals surface area contributed by atoms with Crippen molar-refractivity contribution in [2.24, 2.45) is 0 Å². The maximum Gasteiger partial charge on any atom is 0.573 e. The number of aryl methyl sites for hydroxylation is 4. The molecule has 0 radical (unpaired) electrons. The lowest BCUT2D eigenvalue weighted by atomic mass is 9.99. The van der Waals surface area contributed by atoms with Gasteiger partial charge in [-0.1, -0.05) is 53.0 Å². The van der Waals surface area contributed by atoms with Crippen LogP contribution in [0.4, 0.5) is 48.2 Å². The highest BCUT2D eigenvalue weighted by Gasteiger charge is 2.32. The Morgan fingerprint density at radius 1 is 0.444 bits per heavy atom. The highest BCUT2D eigenvalue weighted by molar-refractivity contribution is 7.15. The highest BCUT2D eigenvalue weighted by Crippen LogP contribution is 2.29. The molecule has 6 heterocycles. The molecule has 28 heteroatoms. The van der Waals surface area contributed by atoms with Gasteiger partial charge in [0, 0.05) is 30.9 Å². The molecule has 0 bridgehead atoms. The second-order valence-corrected chi connectivity index (χ2v) is 20.1. The van der Waals surface area contributed by atoms with Crippen molar-refractivity contribution in [1.82, 2.24) is 50.8 Å². The standard InChI is InChI=1S/C53H48F6N14O6S2/c54-52(55,56)78-39-14-7-9-32(25-39)28-44(74)62-42-19-17-36(66-68-42)11-2-4-16-49-71-73-51(81-49)65-47(77)31-41-35(10-8-22-61-41)24-33-23-34(27-40(26-33)79-53(57,58)59)29-45(75)63-43-20-18-37(67-69-43)12-1-3-15-48-70-72-50(80-48)64-46(76)30-38-13-5-6-21-60-38/h5-10,13-14,17-23,25-27H,1-4,11-12,15-16,24,28-31H2,(H,62,68,74)(H,63,69,75)(H,64,72,76)(H,65,73,77). The Balaban J connectivity index is 0.761. The maximum atomic E-state index is 13.5. The number of nitrogens with one attached hydrogen (secondary N) is 4. The monoisotopic (exact) mass is 1150 g/mol. The zero-order valence-electron chi connectivity index (χ0n) is 42.6. The number of pyridine rings is 2. The van der Waals surface area contributed by atoms with Crippen LogP contribution in [0.3, 0.4) is 0 Å². The summed E-state index contributed by atoms with van der Waals surface area (Å²) in [5.74, 6) is -2.40. The van der Waals surface area contributed by atoms with E-state index in [-0.39, 0.29) is 60.3 Å². The minimum absolute atomic E-state index is 0.0425. The van der Waals surface area contributed by atoms with Crippen LogP contribution in [-0.2, 0) is 77.0 Å². The number of hydrogen-bond acceptors (Lipinski definition) is 18. The topological polar surface area (TPSA) is 264 Å². The molecule has 0 saturated carbocycles. The number of benzene rings is 2. The fourth-order valence-electron chi connectivity index (χ4n) is 7.97. The van der Waals surface area contributed by atoms with E-state index < -0.39 is 41.9 Å². The molecule has 0 aliphatic carbocycles. The number of carbonyl (C=O) groups excluding carboxylic acids is 4. The average Bonchev–Trinajstić information content (AvgIpc) is 4.07. The van der Waals surface area contributed by atoms with Crippen molar-refractivity contribution in [2.45, 2.75) is 96.2 Å². The predicted octanol–water partition coefficient (Wildman–Crippen LogP) is 9.00. The number of alkyl halides is 6. The van der Waals surface area contributed by atoms with E-state index >= 15 is 0 Å². The van der Waals surface area contributed by atoms with Crippen LogP contribution in [0.2, 0.25) is 0 Å². The zero-order valence-corrected chi connectivity index (χ0v) is 44.2. The van der Waals surface area contributed by atoms with E-state index in [1.807, 2.05) is 6.07 Å². The first-order chi connectivity index (χ1) is 38.9. The molecule has 0 fully saturated rings. The second kappa shape index (κ2) is 27.8. The number of rotatable bonds is 26. The van der Waals surface area contributed by atoms with Crippen LogP contribution in [0.1, 0.15) is 80.7 Å². The van der Waals surface area contributed by atoms with Crippen molar-refractivity contribution in [3.05, 3.63) is 165 Å². The lowest BCUT2D eigenvalue weighted by Gasteiger charge is -2.14. The molecule has 4 N–H and O–H groups in total. The summed E-state index contributed by atoms with van der Waals surface area (Å²) >= 11 is 2.49. The van der Waals surface area contributed by atoms with Crippen LogP contribution < -0.4 is 30.7 Å². The molecular weight excluding hydrogens is 1110 g/mol. The number of nitrogens with zero attached hydrogens (tertiary/aromatic N) is 10. The van der Waals surface area contributed by atoms with Gasteiger partial charge in [-0.2, -0.15) is 10.2 Å². The lowest BCUT2D eigenvalue weighted by Crippen LogP contribution is -2.19. The van der Waals surface area contributed by atoms with Crippen molar-refractivity contribution in [3.8, 4) is 11.5 Å². The van der Waals surface area contributed by atoms with Gasteiger partial charge in [-0.05, 0) is 134 Å². The first-order valence-corrected chi connectivity index (χ1v) is 26.6. The Morgan fingerprint density at radius 3 is 1.57 bits per heavy atom. The molecule has 0 atom stereocenters. The van der Waals surface area contributed by atoms with E-state index in [4.69, 9.17) is 0 Å². The number of aromatic nitrogens is 10. The summed E-state index contributed by atoms with van der Waals surface area (Å²) in [6, 6.07) is 24.3. The lowest BCUT2D eigenvalue weighted by molar-refractivity contribution is -0.275. The van der Waals surface area contributed by atoms with Crippen molar-refractivity contribution >= 4 is 68.2 Å². The second-order valence-electron chi connectivity index (χ2n) is 18.0. The van der Waals surface area contributed by atoms with Crippen molar-refractivity contribution in [2.75, 3.05) is 21.3 Å². The third kappa shape index (κ3) is 20.0.